The number of benzene rings is 3. The van der Waals surface area contributed by atoms with Gasteiger partial charge in [0.1, 0.15) is 0 Å². The Bertz CT molecular complexity index is 1110. The summed E-state index contributed by atoms with van der Waals surface area (Å²) in [7, 11) is 0. The van der Waals surface area contributed by atoms with Crippen LogP contribution >= 0.6 is 0 Å². The Morgan fingerprint density at radius 3 is 2.36 bits per heavy atom. The van der Waals surface area contributed by atoms with Gasteiger partial charge < -0.3 is 0 Å². The average molecular weight is 322 g/mol. The van der Waals surface area contributed by atoms with Gasteiger partial charge >= 0.3 is 0 Å². The molecule has 0 unspecified atom stereocenters. The zero-order chi connectivity index (χ0) is 17.0. The van der Waals surface area contributed by atoms with Crippen LogP contribution in [-0.4, -0.2) is 9.97 Å². The van der Waals surface area contributed by atoms with Gasteiger partial charge in [-0.15, -0.1) is 0 Å². The van der Waals surface area contributed by atoms with Crippen molar-refractivity contribution < 1.29 is 0 Å². The van der Waals surface area contributed by atoms with Crippen LogP contribution in [0.15, 0.2) is 72.9 Å². The van der Waals surface area contributed by atoms with E-state index in [1.807, 2.05) is 24.4 Å². The molecule has 25 heavy (non-hydrogen) atoms. The quantitative estimate of drug-likeness (QED) is 0.455. The summed E-state index contributed by atoms with van der Waals surface area (Å²) in [5.74, 6) is 0.796. The van der Waals surface area contributed by atoms with Crippen molar-refractivity contribution in [2.24, 2.45) is 0 Å². The summed E-state index contributed by atoms with van der Waals surface area (Å²) in [6.45, 7) is 4.54. The van der Waals surface area contributed by atoms with Crippen molar-refractivity contribution in [2.45, 2.75) is 19.3 Å². The first-order valence-electron chi connectivity index (χ1n) is 8.62. The van der Waals surface area contributed by atoms with Gasteiger partial charge in [0.05, 0.1) is 5.69 Å². The summed E-state index contributed by atoms with van der Waals surface area (Å²) in [6.07, 6.45) is 1.99. The van der Waals surface area contributed by atoms with Crippen LogP contribution in [0.4, 0.5) is 0 Å². The predicted molar refractivity (Wildman–Crippen MR) is 103 cm³/mol. The Kier molecular flexibility index (Phi) is 2.87. The third kappa shape index (κ3) is 1.97. The molecule has 0 atom stereocenters. The summed E-state index contributed by atoms with van der Waals surface area (Å²) >= 11 is 0. The molecule has 0 saturated heterocycles. The van der Waals surface area contributed by atoms with E-state index in [1.165, 1.54) is 21.9 Å². The van der Waals surface area contributed by atoms with Gasteiger partial charge in [0.25, 0.3) is 0 Å². The maximum absolute atomic E-state index is 4.99. The van der Waals surface area contributed by atoms with Gasteiger partial charge in [0.15, 0.2) is 5.82 Å². The standard InChI is InChI=1S/C23H18N2/c1-23(2)20-17-11-7-6-8-15(17)12-13-18(20)19-14-24-22(25-21(19)23)16-9-4-3-5-10-16/h3-14H,1-2H3. The van der Waals surface area contributed by atoms with E-state index in [9.17, 15) is 0 Å². The van der Waals surface area contributed by atoms with E-state index in [0.29, 0.717) is 0 Å². The summed E-state index contributed by atoms with van der Waals surface area (Å²) < 4.78 is 0. The van der Waals surface area contributed by atoms with E-state index >= 15 is 0 Å². The van der Waals surface area contributed by atoms with E-state index in [4.69, 9.17) is 4.98 Å². The van der Waals surface area contributed by atoms with Crippen molar-refractivity contribution in [3.8, 4) is 22.5 Å². The number of nitrogens with zero attached hydrogens (tertiary/aromatic N) is 2. The number of fused-ring (bicyclic) bond motifs is 5. The summed E-state index contributed by atoms with van der Waals surface area (Å²) in [5, 5.41) is 2.59. The van der Waals surface area contributed by atoms with Crippen molar-refractivity contribution in [3.05, 3.63) is 84.2 Å². The van der Waals surface area contributed by atoms with E-state index in [2.05, 4.69) is 67.4 Å². The first kappa shape index (κ1) is 14.4. The highest BCUT2D eigenvalue weighted by atomic mass is 14.9. The zero-order valence-corrected chi connectivity index (χ0v) is 14.3. The molecule has 0 amide bonds. The number of rotatable bonds is 1. The smallest absolute Gasteiger partial charge is 0.159 e. The van der Waals surface area contributed by atoms with Gasteiger partial charge in [-0.25, -0.2) is 9.97 Å². The molecule has 0 bridgehead atoms. The molecular weight excluding hydrogens is 304 g/mol. The van der Waals surface area contributed by atoms with E-state index < -0.39 is 0 Å². The van der Waals surface area contributed by atoms with Crippen LogP contribution < -0.4 is 0 Å². The highest BCUT2D eigenvalue weighted by Crippen LogP contribution is 2.50. The fourth-order valence-electron chi connectivity index (χ4n) is 4.07. The third-order valence-corrected chi connectivity index (χ3v) is 5.26. The van der Waals surface area contributed by atoms with Gasteiger partial charge in [-0.3, -0.25) is 0 Å². The summed E-state index contributed by atoms with van der Waals surface area (Å²) in [4.78, 5) is 9.64. The van der Waals surface area contributed by atoms with E-state index in [0.717, 1.165) is 22.6 Å². The van der Waals surface area contributed by atoms with Gasteiger partial charge in [-0.1, -0.05) is 80.6 Å². The summed E-state index contributed by atoms with van der Waals surface area (Å²) in [5.41, 5.74) is 5.82. The van der Waals surface area contributed by atoms with Gasteiger partial charge in [0.2, 0.25) is 0 Å². The normalized spacial score (nSPS) is 14.3. The van der Waals surface area contributed by atoms with Crippen LogP contribution in [-0.2, 0) is 5.41 Å². The fourth-order valence-corrected chi connectivity index (χ4v) is 4.07. The molecule has 0 fully saturated rings. The summed E-state index contributed by atoms with van der Waals surface area (Å²) in [6, 6.07) is 23.2. The van der Waals surface area contributed by atoms with Crippen LogP contribution in [0.2, 0.25) is 0 Å². The van der Waals surface area contributed by atoms with Gasteiger partial charge in [-0.05, 0) is 21.9 Å². The van der Waals surface area contributed by atoms with Gasteiger partial charge in [0, 0.05) is 22.7 Å². The average Bonchev–Trinajstić information content (AvgIpc) is 2.90. The Hall–Kier alpha value is -3.00. The Labute approximate surface area is 147 Å². The lowest BCUT2D eigenvalue weighted by Gasteiger charge is -2.22. The van der Waals surface area contributed by atoms with Crippen LogP contribution in [0.25, 0.3) is 33.3 Å². The maximum Gasteiger partial charge on any atom is 0.159 e. The minimum Gasteiger partial charge on any atom is -0.236 e. The van der Waals surface area contributed by atoms with Crippen LogP contribution in [0.3, 0.4) is 0 Å². The molecule has 0 radical (unpaired) electrons. The third-order valence-electron chi connectivity index (χ3n) is 5.26. The first-order chi connectivity index (χ1) is 12.2. The number of hydrogen-bond acceptors (Lipinski definition) is 2. The SMILES string of the molecule is CC1(C)c2nc(-c3ccccc3)ncc2-c2ccc3ccccc3c21. The Morgan fingerprint density at radius 2 is 1.52 bits per heavy atom. The molecule has 1 aliphatic rings. The molecule has 3 aromatic carbocycles. The first-order valence-corrected chi connectivity index (χ1v) is 8.62. The van der Waals surface area contributed by atoms with Crippen LogP contribution in [0, 0.1) is 0 Å². The molecule has 0 saturated carbocycles. The Morgan fingerprint density at radius 1 is 0.760 bits per heavy atom. The largest absolute Gasteiger partial charge is 0.236 e. The lowest BCUT2D eigenvalue weighted by atomic mass is 9.82. The molecule has 120 valence electrons. The molecule has 0 spiro atoms. The number of aromatic nitrogens is 2. The van der Waals surface area contributed by atoms with Crippen LogP contribution in [0.5, 0.6) is 0 Å². The second-order valence-corrected chi connectivity index (χ2v) is 7.16. The fraction of sp³-hybridized carbons (Fsp3) is 0.130. The highest BCUT2D eigenvalue weighted by Gasteiger charge is 2.38. The molecule has 5 rings (SSSR count). The molecule has 1 aliphatic carbocycles. The van der Waals surface area contributed by atoms with Crippen molar-refractivity contribution in [2.75, 3.05) is 0 Å². The Balaban J connectivity index is 1.79. The monoisotopic (exact) mass is 322 g/mol. The highest BCUT2D eigenvalue weighted by molar-refractivity contribution is 5.96. The van der Waals surface area contributed by atoms with E-state index in [1.54, 1.807) is 0 Å². The van der Waals surface area contributed by atoms with Crippen molar-refractivity contribution in [1.82, 2.24) is 9.97 Å². The molecular formula is C23H18N2. The molecule has 1 aromatic heterocycles. The van der Waals surface area contributed by atoms with Crippen molar-refractivity contribution in [3.63, 3.8) is 0 Å². The minimum atomic E-state index is -0.141. The lowest BCUT2D eigenvalue weighted by molar-refractivity contribution is 0.641. The van der Waals surface area contributed by atoms with Crippen LogP contribution in [0.1, 0.15) is 25.1 Å². The number of hydrogen-bond donors (Lipinski definition) is 0. The maximum atomic E-state index is 4.99. The van der Waals surface area contributed by atoms with E-state index in [-0.39, 0.29) is 5.41 Å². The molecule has 2 heteroatoms. The molecule has 1 heterocycles. The molecule has 2 nitrogen and oxygen atoms in total. The molecule has 0 aliphatic heterocycles. The second-order valence-electron chi connectivity index (χ2n) is 7.16. The second kappa shape index (κ2) is 5.00. The molecule has 0 N–H and O–H groups in total. The van der Waals surface area contributed by atoms with Crippen molar-refractivity contribution in [1.29, 1.82) is 0 Å². The van der Waals surface area contributed by atoms with Crippen molar-refractivity contribution >= 4 is 10.8 Å². The zero-order valence-electron chi connectivity index (χ0n) is 14.3. The molecule has 4 aromatic rings. The topological polar surface area (TPSA) is 25.8 Å². The predicted octanol–water partition coefficient (Wildman–Crippen LogP) is 5.60. The lowest BCUT2D eigenvalue weighted by Crippen LogP contribution is -2.17. The minimum absolute atomic E-state index is 0.141. The van der Waals surface area contributed by atoms with Gasteiger partial charge in [-0.2, -0.15) is 0 Å².